The Morgan fingerprint density at radius 1 is 1.50 bits per heavy atom. The maximum absolute atomic E-state index is 11.6. The topological polar surface area (TPSA) is 34.9 Å². The number of aromatic nitrogens is 2. The molecule has 0 unspecified atom stereocenters. The van der Waals surface area contributed by atoms with Crippen molar-refractivity contribution >= 4 is 16.8 Å². The van der Waals surface area contributed by atoms with E-state index in [0.29, 0.717) is 12.5 Å². The van der Waals surface area contributed by atoms with E-state index in [2.05, 4.69) is 9.55 Å². The molecular formula is C13H14N2O. The summed E-state index contributed by atoms with van der Waals surface area (Å²) in [7, 11) is 0. The summed E-state index contributed by atoms with van der Waals surface area (Å²) in [4.78, 5) is 15.9. The fraction of sp³-hybridized carbons (Fsp3) is 0.385. The molecule has 3 rings (SSSR count). The summed E-state index contributed by atoms with van der Waals surface area (Å²) in [6.07, 6.45) is 4.94. The standard InChI is InChI=1S/C13H14N2O/c1-2-13(16)9-3-6-12-11(7-9)14-8-15(12)10-4-5-10/h3,6-8,10H,2,4-5H2,1H3. The highest BCUT2D eigenvalue weighted by atomic mass is 16.1. The van der Waals surface area contributed by atoms with Crippen molar-refractivity contribution in [3.8, 4) is 0 Å². The van der Waals surface area contributed by atoms with Crippen molar-refractivity contribution in [3.63, 3.8) is 0 Å². The van der Waals surface area contributed by atoms with E-state index >= 15 is 0 Å². The first-order valence-electron chi connectivity index (χ1n) is 5.79. The van der Waals surface area contributed by atoms with Gasteiger partial charge in [-0.05, 0) is 31.0 Å². The number of carbonyl (C=O) groups is 1. The molecule has 0 radical (unpaired) electrons. The zero-order chi connectivity index (χ0) is 11.1. The van der Waals surface area contributed by atoms with Gasteiger partial charge in [0.25, 0.3) is 0 Å². The van der Waals surface area contributed by atoms with Gasteiger partial charge < -0.3 is 4.57 Å². The molecule has 0 N–H and O–H groups in total. The van der Waals surface area contributed by atoms with E-state index in [-0.39, 0.29) is 5.78 Å². The molecular weight excluding hydrogens is 200 g/mol. The SMILES string of the molecule is CCC(=O)c1ccc2c(c1)ncn2C1CC1. The number of nitrogens with zero attached hydrogens (tertiary/aromatic N) is 2. The molecule has 3 nitrogen and oxygen atoms in total. The Balaban J connectivity index is 2.09. The van der Waals surface area contributed by atoms with Crippen molar-refractivity contribution in [3.05, 3.63) is 30.1 Å². The summed E-state index contributed by atoms with van der Waals surface area (Å²) < 4.78 is 2.22. The molecule has 2 aromatic rings. The van der Waals surface area contributed by atoms with Gasteiger partial charge in [0.1, 0.15) is 0 Å². The van der Waals surface area contributed by atoms with Gasteiger partial charge in [-0.25, -0.2) is 4.98 Å². The quantitative estimate of drug-likeness (QED) is 0.736. The monoisotopic (exact) mass is 214 g/mol. The number of rotatable bonds is 3. The summed E-state index contributed by atoms with van der Waals surface area (Å²) >= 11 is 0. The Labute approximate surface area is 94.1 Å². The third kappa shape index (κ3) is 1.43. The molecule has 82 valence electrons. The molecule has 0 amide bonds. The van der Waals surface area contributed by atoms with Crippen LogP contribution in [0.5, 0.6) is 0 Å². The molecule has 0 bridgehead atoms. The van der Waals surface area contributed by atoms with Crippen molar-refractivity contribution in [2.75, 3.05) is 0 Å². The Morgan fingerprint density at radius 2 is 2.31 bits per heavy atom. The van der Waals surface area contributed by atoms with E-state index in [1.54, 1.807) is 0 Å². The van der Waals surface area contributed by atoms with Gasteiger partial charge in [0.05, 0.1) is 17.4 Å². The van der Waals surface area contributed by atoms with Crippen LogP contribution in [0.15, 0.2) is 24.5 Å². The highest BCUT2D eigenvalue weighted by Gasteiger charge is 2.24. The van der Waals surface area contributed by atoms with Gasteiger partial charge >= 0.3 is 0 Å². The van der Waals surface area contributed by atoms with Crippen molar-refractivity contribution in [1.82, 2.24) is 9.55 Å². The lowest BCUT2D eigenvalue weighted by molar-refractivity contribution is 0.0988. The van der Waals surface area contributed by atoms with Crippen molar-refractivity contribution in [2.45, 2.75) is 32.2 Å². The molecule has 1 aliphatic rings. The lowest BCUT2D eigenvalue weighted by atomic mass is 10.1. The van der Waals surface area contributed by atoms with E-state index in [0.717, 1.165) is 16.6 Å². The van der Waals surface area contributed by atoms with Crippen LogP contribution in [-0.2, 0) is 0 Å². The van der Waals surface area contributed by atoms with E-state index < -0.39 is 0 Å². The van der Waals surface area contributed by atoms with E-state index in [4.69, 9.17) is 0 Å². The Hall–Kier alpha value is -1.64. The number of fused-ring (bicyclic) bond motifs is 1. The van der Waals surface area contributed by atoms with Crippen molar-refractivity contribution in [2.24, 2.45) is 0 Å². The average Bonchev–Trinajstić information content (AvgIpc) is 3.08. The van der Waals surface area contributed by atoms with Gasteiger partial charge in [-0.15, -0.1) is 0 Å². The maximum atomic E-state index is 11.6. The van der Waals surface area contributed by atoms with Crippen LogP contribution in [0, 0.1) is 0 Å². The lowest BCUT2D eigenvalue weighted by Gasteiger charge is -2.01. The minimum absolute atomic E-state index is 0.183. The average molecular weight is 214 g/mol. The number of ketones is 1. The van der Waals surface area contributed by atoms with Gasteiger partial charge in [-0.3, -0.25) is 4.79 Å². The van der Waals surface area contributed by atoms with Gasteiger partial charge in [0, 0.05) is 18.0 Å². The molecule has 1 aliphatic carbocycles. The van der Waals surface area contributed by atoms with Crippen LogP contribution in [0.4, 0.5) is 0 Å². The molecule has 1 heterocycles. The molecule has 1 aromatic heterocycles. The Bertz CT molecular complexity index is 552. The Kier molecular flexibility index (Phi) is 2.06. The van der Waals surface area contributed by atoms with Gasteiger partial charge in [-0.2, -0.15) is 0 Å². The zero-order valence-electron chi connectivity index (χ0n) is 9.31. The fourth-order valence-corrected chi connectivity index (χ4v) is 2.05. The summed E-state index contributed by atoms with van der Waals surface area (Å²) in [5.74, 6) is 0.183. The van der Waals surface area contributed by atoms with Crippen LogP contribution < -0.4 is 0 Å². The normalized spacial score (nSPS) is 15.6. The summed E-state index contributed by atoms with van der Waals surface area (Å²) in [5, 5.41) is 0. The first-order valence-corrected chi connectivity index (χ1v) is 5.79. The van der Waals surface area contributed by atoms with Gasteiger partial charge in [0.2, 0.25) is 0 Å². The minimum Gasteiger partial charge on any atom is -0.327 e. The van der Waals surface area contributed by atoms with Crippen LogP contribution in [0.2, 0.25) is 0 Å². The Morgan fingerprint density at radius 3 is 3.00 bits per heavy atom. The molecule has 3 heteroatoms. The number of imidazole rings is 1. The van der Waals surface area contributed by atoms with E-state index in [1.807, 2.05) is 31.5 Å². The number of hydrogen-bond acceptors (Lipinski definition) is 2. The summed E-state index contributed by atoms with van der Waals surface area (Å²) in [6, 6.07) is 6.47. The molecule has 0 atom stereocenters. The first kappa shape index (κ1) is 9.58. The molecule has 0 spiro atoms. The molecule has 16 heavy (non-hydrogen) atoms. The second-order valence-corrected chi connectivity index (χ2v) is 4.36. The lowest BCUT2D eigenvalue weighted by Crippen LogP contribution is -1.96. The van der Waals surface area contributed by atoms with Crippen molar-refractivity contribution < 1.29 is 4.79 Å². The van der Waals surface area contributed by atoms with Crippen LogP contribution in [-0.4, -0.2) is 15.3 Å². The van der Waals surface area contributed by atoms with Crippen LogP contribution >= 0.6 is 0 Å². The van der Waals surface area contributed by atoms with Gasteiger partial charge in [0.15, 0.2) is 5.78 Å². The van der Waals surface area contributed by atoms with Crippen molar-refractivity contribution in [1.29, 1.82) is 0 Å². The zero-order valence-corrected chi connectivity index (χ0v) is 9.31. The fourth-order valence-electron chi connectivity index (χ4n) is 2.05. The predicted molar refractivity (Wildman–Crippen MR) is 62.6 cm³/mol. The smallest absolute Gasteiger partial charge is 0.162 e. The van der Waals surface area contributed by atoms with Crippen LogP contribution in [0.25, 0.3) is 11.0 Å². The molecule has 0 aliphatic heterocycles. The maximum Gasteiger partial charge on any atom is 0.162 e. The molecule has 1 fully saturated rings. The van der Waals surface area contributed by atoms with E-state index in [9.17, 15) is 4.79 Å². The third-order valence-electron chi connectivity index (χ3n) is 3.16. The predicted octanol–water partition coefficient (Wildman–Crippen LogP) is 2.96. The second-order valence-electron chi connectivity index (χ2n) is 4.36. The van der Waals surface area contributed by atoms with Gasteiger partial charge in [-0.1, -0.05) is 6.92 Å². The van der Waals surface area contributed by atoms with Crippen LogP contribution in [0.1, 0.15) is 42.6 Å². The molecule has 1 saturated carbocycles. The highest BCUT2D eigenvalue weighted by molar-refractivity contribution is 5.98. The molecule has 0 saturated heterocycles. The number of Topliss-reactive ketones (excluding diaryl/α,β-unsaturated/α-hetero) is 1. The minimum atomic E-state index is 0.183. The molecule has 1 aromatic carbocycles. The number of carbonyl (C=O) groups excluding carboxylic acids is 1. The summed E-state index contributed by atoms with van der Waals surface area (Å²) in [5.41, 5.74) is 2.86. The highest BCUT2D eigenvalue weighted by Crippen LogP contribution is 2.37. The second kappa shape index (κ2) is 3.44. The number of benzene rings is 1. The van der Waals surface area contributed by atoms with Crippen LogP contribution in [0.3, 0.4) is 0 Å². The third-order valence-corrected chi connectivity index (χ3v) is 3.16. The summed E-state index contributed by atoms with van der Waals surface area (Å²) in [6.45, 7) is 1.88. The van der Waals surface area contributed by atoms with E-state index in [1.165, 1.54) is 12.8 Å². The number of hydrogen-bond donors (Lipinski definition) is 0. The largest absolute Gasteiger partial charge is 0.327 e. The first-order chi connectivity index (χ1) is 7.79.